The summed E-state index contributed by atoms with van der Waals surface area (Å²) >= 11 is 0. The zero-order valence-corrected chi connectivity index (χ0v) is 20.0. The van der Waals surface area contributed by atoms with E-state index in [9.17, 15) is 27.1 Å². The number of imidazole rings is 1. The molecule has 3 heterocycles. The number of rotatable bonds is 5. The Hall–Kier alpha value is -4.13. The summed E-state index contributed by atoms with van der Waals surface area (Å²) in [4.78, 5) is 21.3. The van der Waals surface area contributed by atoms with Crippen LogP contribution in [0.15, 0.2) is 59.8 Å². The number of pyridine rings is 1. The van der Waals surface area contributed by atoms with Crippen LogP contribution in [-0.4, -0.2) is 58.5 Å². The first-order valence-corrected chi connectivity index (χ1v) is 12.8. The fraction of sp³-hybridized carbons (Fsp3) is 0.208. The van der Waals surface area contributed by atoms with Gasteiger partial charge in [-0.3, -0.25) is 4.90 Å². The van der Waals surface area contributed by atoms with E-state index in [-0.39, 0.29) is 34.9 Å². The molecule has 2 aromatic carbocycles. The lowest BCUT2D eigenvalue weighted by molar-refractivity contribution is -0.0508. The average Bonchev–Trinajstić information content (AvgIpc) is 3.19. The fourth-order valence-corrected chi connectivity index (χ4v) is 5.03. The zero-order chi connectivity index (χ0) is 26.5. The van der Waals surface area contributed by atoms with Crippen LogP contribution in [0.2, 0.25) is 0 Å². The maximum absolute atomic E-state index is 15.1. The summed E-state index contributed by atoms with van der Waals surface area (Å²) in [7, 11) is -3.55. The largest absolute Gasteiger partial charge is 0.465 e. The number of carbonyl (C=O) groups is 1. The third-order valence-electron chi connectivity index (χ3n) is 6.08. The summed E-state index contributed by atoms with van der Waals surface area (Å²) < 4.78 is 71.2. The molecule has 1 N–H and O–H groups in total. The number of nitrogens with zero attached hydrogens (tertiary/aromatic N) is 4. The van der Waals surface area contributed by atoms with Crippen LogP contribution in [0.4, 0.5) is 18.0 Å². The lowest BCUT2D eigenvalue weighted by Gasteiger charge is -2.34. The van der Waals surface area contributed by atoms with Gasteiger partial charge in [-0.1, -0.05) is 18.2 Å². The summed E-state index contributed by atoms with van der Waals surface area (Å²) in [6.07, 6.45) is 1.03. The molecule has 0 saturated heterocycles. The van der Waals surface area contributed by atoms with E-state index in [0.717, 1.165) is 11.2 Å². The van der Waals surface area contributed by atoms with E-state index in [1.54, 1.807) is 16.7 Å². The van der Waals surface area contributed by atoms with Crippen LogP contribution in [0, 0.1) is 5.82 Å². The molecular formula is C24H19F3N4O5S. The Balaban J connectivity index is 1.69. The number of alkyl halides is 2. The van der Waals surface area contributed by atoms with Gasteiger partial charge < -0.3 is 14.4 Å². The number of ether oxygens (including phenoxy) is 1. The second-order valence-corrected chi connectivity index (χ2v) is 10.4. The van der Waals surface area contributed by atoms with E-state index >= 15 is 4.39 Å². The van der Waals surface area contributed by atoms with E-state index in [0.29, 0.717) is 22.5 Å². The number of hydrogen-bond donors (Lipinski definition) is 1. The van der Waals surface area contributed by atoms with Crippen molar-refractivity contribution < 1.29 is 36.2 Å². The molecule has 0 fully saturated rings. The van der Waals surface area contributed by atoms with Gasteiger partial charge in [-0.15, -0.1) is 0 Å². The highest BCUT2D eigenvalue weighted by atomic mass is 32.2. The minimum absolute atomic E-state index is 0.0886. The predicted molar refractivity (Wildman–Crippen MR) is 126 cm³/mol. The number of amides is 1. The van der Waals surface area contributed by atoms with Crippen LogP contribution in [0.25, 0.3) is 22.2 Å². The molecule has 0 spiro atoms. The normalized spacial score (nSPS) is 15.7. The van der Waals surface area contributed by atoms with E-state index < -0.39 is 34.4 Å². The molecule has 5 rings (SSSR count). The van der Waals surface area contributed by atoms with E-state index in [2.05, 4.69) is 9.97 Å². The van der Waals surface area contributed by atoms with Gasteiger partial charge in [0, 0.05) is 41.8 Å². The predicted octanol–water partition coefficient (Wildman–Crippen LogP) is 4.33. The molecule has 0 bridgehead atoms. The summed E-state index contributed by atoms with van der Waals surface area (Å²) in [6.45, 7) is -3.28. The van der Waals surface area contributed by atoms with Crippen LogP contribution in [0.1, 0.15) is 17.4 Å². The van der Waals surface area contributed by atoms with E-state index in [4.69, 9.17) is 4.74 Å². The van der Waals surface area contributed by atoms with Crippen LogP contribution < -0.4 is 4.74 Å². The first-order chi connectivity index (χ1) is 17.5. The summed E-state index contributed by atoms with van der Waals surface area (Å²) in [5.74, 6) is -0.474. The van der Waals surface area contributed by atoms with Crippen molar-refractivity contribution in [1.82, 2.24) is 19.4 Å². The minimum Gasteiger partial charge on any atom is -0.465 e. The van der Waals surface area contributed by atoms with Gasteiger partial charge in [-0.05, 0) is 24.3 Å². The van der Waals surface area contributed by atoms with Gasteiger partial charge in [-0.2, -0.15) is 8.78 Å². The first-order valence-electron chi connectivity index (χ1n) is 10.9. The molecule has 0 aliphatic carbocycles. The first kappa shape index (κ1) is 24.6. The molecule has 0 radical (unpaired) electrons. The second-order valence-electron chi connectivity index (χ2n) is 8.47. The molecule has 1 aliphatic rings. The second kappa shape index (κ2) is 9.07. The lowest BCUT2D eigenvalue weighted by Crippen LogP contribution is -2.41. The Bertz CT molecular complexity index is 1620. The minimum atomic E-state index is -3.55. The van der Waals surface area contributed by atoms with Crippen molar-refractivity contribution in [2.75, 3.05) is 12.8 Å². The van der Waals surface area contributed by atoms with Crippen molar-refractivity contribution in [3.63, 3.8) is 0 Å². The Morgan fingerprint density at radius 2 is 1.95 bits per heavy atom. The number of sulfone groups is 1. The molecule has 1 amide bonds. The van der Waals surface area contributed by atoms with Gasteiger partial charge in [0.25, 0.3) is 0 Å². The number of hydrogen-bond acceptors (Lipinski definition) is 6. The smallest absolute Gasteiger partial charge is 0.407 e. The number of halogens is 3. The topological polar surface area (TPSA) is 115 Å². The van der Waals surface area contributed by atoms with Crippen LogP contribution in [-0.2, 0) is 16.4 Å². The molecule has 4 aromatic rings. The Labute approximate surface area is 208 Å². The molecule has 13 heteroatoms. The number of benzene rings is 2. The van der Waals surface area contributed by atoms with Crippen molar-refractivity contribution in [2.24, 2.45) is 0 Å². The number of aromatic nitrogens is 3. The van der Waals surface area contributed by atoms with Gasteiger partial charge in [0.15, 0.2) is 14.9 Å². The monoisotopic (exact) mass is 532 g/mol. The third-order valence-corrected chi connectivity index (χ3v) is 7.08. The standard InChI is InChI=1S/C24H19F3N4O5S/c1-37(34,35)22-7-6-13(10-28-22)15-8-18-17(9-16(15)25)29-21-12-30(24(32)33)11-19(31(18)21)14-4-2-3-5-20(14)36-23(26)27/h2-10,19,23H,11-12H2,1H3,(H,32,33)/t19-/m0/s1. The van der Waals surface area contributed by atoms with E-state index in [1.165, 1.54) is 42.6 Å². The number of carboxylic acid groups (broad SMARTS) is 1. The van der Waals surface area contributed by atoms with Crippen molar-refractivity contribution >= 4 is 27.0 Å². The van der Waals surface area contributed by atoms with Gasteiger partial charge in [0.2, 0.25) is 0 Å². The summed E-state index contributed by atoms with van der Waals surface area (Å²) in [6, 6.07) is 10.6. The molecule has 0 unspecified atom stereocenters. The Kier molecular flexibility index (Phi) is 6.02. The van der Waals surface area contributed by atoms with Gasteiger partial charge in [0.1, 0.15) is 17.4 Å². The van der Waals surface area contributed by atoms with Crippen LogP contribution >= 0.6 is 0 Å². The highest BCUT2D eigenvalue weighted by Gasteiger charge is 2.34. The van der Waals surface area contributed by atoms with Gasteiger partial charge >= 0.3 is 12.7 Å². The van der Waals surface area contributed by atoms with Gasteiger partial charge in [0.05, 0.1) is 23.6 Å². The molecule has 1 atom stereocenters. The van der Waals surface area contributed by atoms with Crippen LogP contribution in [0.3, 0.4) is 0 Å². The molecule has 1 aliphatic heterocycles. The lowest BCUT2D eigenvalue weighted by atomic mass is 10.0. The number of fused-ring (bicyclic) bond motifs is 3. The van der Waals surface area contributed by atoms with Crippen LogP contribution in [0.5, 0.6) is 5.75 Å². The molecule has 0 saturated carbocycles. The number of para-hydroxylation sites is 1. The third kappa shape index (κ3) is 4.57. The zero-order valence-electron chi connectivity index (χ0n) is 19.2. The van der Waals surface area contributed by atoms with Crippen molar-refractivity contribution in [2.45, 2.75) is 24.2 Å². The van der Waals surface area contributed by atoms with Gasteiger partial charge in [-0.25, -0.2) is 27.6 Å². The maximum atomic E-state index is 15.1. The average molecular weight is 533 g/mol. The molecular weight excluding hydrogens is 513 g/mol. The van der Waals surface area contributed by atoms with Crippen molar-refractivity contribution in [1.29, 1.82) is 0 Å². The Morgan fingerprint density at radius 1 is 1.19 bits per heavy atom. The molecule has 9 nitrogen and oxygen atoms in total. The quantitative estimate of drug-likeness (QED) is 0.407. The SMILES string of the molecule is CS(=O)(=O)c1ccc(-c2cc3c(cc2F)nc2n3[C@H](c3ccccc3OC(F)F)CN(C(=O)O)C2)cn1. The molecule has 2 aromatic heterocycles. The maximum Gasteiger partial charge on any atom is 0.407 e. The fourth-order valence-electron chi connectivity index (χ4n) is 4.47. The summed E-state index contributed by atoms with van der Waals surface area (Å²) in [5.41, 5.74) is 1.39. The van der Waals surface area contributed by atoms with Crippen molar-refractivity contribution in [3.8, 4) is 16.9 Å². The highest BCUT2D eigenvalue weighted by molar-refractivity contribution is 7.90. The Morgan fingerprint density at radius 3 is 2.59 bits per heavy atom. The molecule has 192 valence electrons. The highest BCUT2D eigenvalue weighted by Crippen LogP contribution is 2.38. The van der Waals surface area contributed by atoms with Crippen molar-refractivity contribution in [3.05, 3.63) is 71.9 Å². The molecule has 37 heavy (non-hydrogen) atoms. The summed E-state index contributed by atoms with van der Waals surface area (Å²) in [5, 5.41) is 9.50. The van der Waals surface area contributed by atoms with E-state index in [1.807, 2.05) is 0 Å².